The number of carbonyl (C=O) groups is 1. The fourth-order valence-electron chi connectivity index (χ4n) is 2.07. The van der Waals surface area contributed by atoms with Gasteiger partial charge < -0.3 is 36.2 Å². The van der Waals surface area contributed by atoms with E-state index in [1.165, 1.54) is 6.92 Å². The Kier molecular flexibility index (Phi) is 5.02. The van der Waals surface area contributed by atoms with Crippen molar-refractivity contribution in [3.05, 3.63) is 0 Å². The zero-order chi connectivity index (χ0) is 13.9. The highest BCUT2D eigenvalue weighted by Gasteiger charge is 2.52. The Labute approximate surface area is 104 Å². The second kappa shape index (κ2) is 5.91. The van der Waals surface area contributed by atoms with Crippen molar-refractivity contribution in [1.29, 1.82) is 0 Å². The van der Waals surface area contributed by atoms with Gasteiger partial charge in [-0.15, -0.1) is 0 Å². The Bertz CT molecular complexity index is 302. The maximum Gasteiger partial charge on any atom is 0.217 e. The Hall–Kier alpha value is -0.770. The van der Waals surface area contributed by atoms with E-state index in [1.807, 2.05) is 0 Å². The number of rotatable bonds is 4. The minimum atomic E-state index is -1.92. The lowest BCUT2D eigenvalue weighted by Gasteiger charge is -2.47. The fraction of sp³-hybridized carbons (Fsp3) is 0.900. The minimum absolute atomic E-state index is 0.0492. The highest BCUT2D eigenvalue weighted by molar-refractivity contribution is 5.73. The molecular weight excluding hydrogens is 244 g/mol. The van der Waals surface area contributed by atoms with Gasteiger partial charge in [-0.25, -0.2) is 0 Å². The molecule has 0 aromatic heterocycles. The maximum atomic E-state index is 11.1. The smallest absolute Gasteiger partial charge is 0.217 e. The van der Waals surface area contributed by atoms with Gasteiger partial charge in [0.1, 0.15) is 24.4 Å². The van der Waals surface area contributed by atoms with E-state index in [-0.39, 0.29) is 13.0 Å². The van der Waals surface area contributed by atoms with Crippen molar-refractivity contribution in [3.8, 4) is 0 Å². The van der Waals surface area contributed by atoms with Gasteiger partial charge >= 0.3 is 0 Å². The summed E-state index contributed by atoms with van der Waals surface area (Å²) in [6, 6.07) is -1.21. The van der Waals surface area contributed by atoms with Crippen LogP contribution in [0, 0.1) is 0 Å². The van der Waals surface area contributed by atoms with E-state index < -0.39 is 42.7 Å². The molecule has 8 nitrogen and oxygen atoms in total. The van der Waals surface area contributed by atoms with Gasteiger partial charge in [-0.3, -0.25) is 4.79 Å². The molecule has 0 radical (unpaired) electrons. The number of nitrogens with one attached hydrogen (secondary N) is 1. The number of nitrogens with two attached hydrogens (primary N) is 1. The first-order chi connectivity index (χ1) is 8.35. The van der Waals surface area contributed by atoms with E-state index in [1.54, 1.807) is 0 Å². The molecule has 1 fully saturated rings. The van der Waals surface area contributed by atoms with Crippen LogP contribution >= 0.6 is 0 Å². The molecule has 0 aliphatic carbocycles. The average molecular weight is 264 g/mol. The minimum Gasteiger partial charge on any atom is -0.394 e. The Morgan fingerprint density at radius 2 is 2.06 bits per heavy atom. The second-order valence-electron chi connectivity index (χ2n) is 4.38. The highest BCUT2D eigenvalue weighted by atomic mass is 16.6. The zero-order valence-electron chi connectivity index (χ0n) is 10.1. The number of carbonyl (C=O) groups excluding carboxylic acids is 1. The SMILES string of the molecule is CC(=O)N[C@@H]1[C@@H](O)[C@H](O)[C@@H](CO)OC1(O)CCN. The average Bonchev–Trinajstić information content (AvgIpc) is 2.30. The lowest BCUT2D eigenvalue weighted by Crippen LogP contribution is -2.70. The van der Waals surface area contributed by atoms with Crippen molar-refractivity contribution < 1.29 is 30.0 Å². The second-order valence-corrected chi connectivity index (χ2v) is 4.38. The molecule has 0 aromatic rings. The summed E-state index contributed by atoms with van der Waals surface area (Å²) in [5.41, 5.74) is 5.35. The van der Waals surface area contributed by atoms with Crippen LogP contribution in [0.2, 0.25) is 0 Å². The summed E-state index contributed by atoms with van der Waals surface area (Å²) in [5, 5.41) is 41.2. The summed E-state index contributed by atoms with van der Waals surface area (Å²) < 4.78 is 5.16. The molecule has 0 aromatic carbocycles. The molecule has 7 N–H and O–H groups in total. The summed E-state index contributed by atoms with van der Waals surface area (Å²) >= 11 is 0. The van der Waals surface area contributed by atoms with Gasteiger partial charge in [-0.05, 0) is 6.54 Å². The van der Waals surface area contributed by atoms with Crippen LogP contribution in [0.4, 0.5) is 0 Å². The van der Waals surface area contributed by atoms with Crippen molar-refractivity contribution in [1.82, 2.24) is 5.32 Å². The molecule has 1 amide bonds. The quantitative estimate of drug-likeness (QED) is 0.311. The van der Waals surface area contributed by atoms with Gasteiger partial charge in [0.05, 0.1) is 6.61 Å². The molecule has 5 atom stereocenters. The molecule has 1 aliphatic heterocycles. The molecule has 1 heterocycles. The fourth-order valence-corrected chi connectivity index (χ4v) is 2.07. The molecule has 1 aliphatic rings. The Balaban J connectivity index is 2.97. The predicted molar refractivity (Wildman–Crippen MR) is 60.2 cm³/mol. The van der Waals surface area contributed by atoms with Crippen molar-refractivity contribution in [2.75, 3.05) is 13.2 Å². The van der Waals surface area contributed by atoms with E-state index in [2.05, 4.69) is 5.32 Å². The summed E-state index contributed by atoms with van der Waals surface area (Å²) in [7, 11) is 0. The van der Waals surface area contributed by atoms with E-state index in [0.29, 0.717) is 0 Å². The number of hydrogen-bond donors (Lipinski definition) is 6. The van der Waals surface area contributed by atoms with Crippen LogP contribution in [0.5, 0.6) is 0 Å². The van der Waals surface area contributed by atoms with Crippen LogP contribution in [0.3, 0.4) is 0 Å². The lowest BCUT2D eigenvalue weighted by atomic mass is 9.88. The molecule has 1 rings (SSSR count). The van der Waals surface area contributed by atoms with Gasteiger partial charge in [0.15, 0.2) is 5.79 Å². The van der Waals surface area contributed by atoms with E-state index in [0.717, 1.165) is 0 Å². The lowest BCUT2D eigenvalue weighted by molar-refractivity contribution is -0.319. The van der Waals surface area contributed by atoms with E-state index >= 15 is 0 Å². The van der Waals surface area contributed by atoms with E-state index in [9.17, 15) is 20.1 Å². The summed E-state index contributed by atoms with van der Waals surface area (Å²) in [4.78, 5) is 11.1. The molecule has 8 heteroatoms. The third kappa shape index (κ3) is 2.97. The summed E-state index contributed by atoms with van der Waals surface area (Å²) in [6.45, 7) is 0.686. The van der Waals surface area contributed by atoms with Crippen LogP contribution < -0.4 is 11.1 Å². The molecule has 0 bridgehead atoms. The van der Waals surface area contributed by atoms with Gasteiger partial charge in [0.25, 0.3) is 0 Å². The first-order valence-corrected chi connectivity index (χ1v) is 5.70. The normalized spacial score (nSPS) is 40.6. The number of hydrogen-bond acceptors (Lipinski definition) is 7. The predicted octanol–water partition coefficient (Wildman–Crippen LogP) is -3.36. The van der Waals surface area contributed by atoms with Crippen molar-refractivity contribution in [2.45, 2.75) is 43.5 Å². The van der Waals surface area contributed by atoms with Crippen molar-refractivity contribution in [2.24, 2.45) is 5.73 Å². The number of ether oxygens (including phenoxy) is 1. The van der Waals surface area contributed by atoms with Crippen LogP contribution in [0.1, 0.15) is 13.3 Å². The van der Waals surface area contributed by atoms with Crippen LogP contribution in [0.15, 0.2) is 0 Å². The van der Waals surface area contributed by atoms with Gasteiger partial charge in [0.2, 0.25) is 5.91 Å². The molecule has 18 heavy (non-hydrogen) atoms. The number of amides is 1. The molecule has 1 unspecified atom stereocenters. The third-order valence-corrected chi connectivity index (χ3v) is 2.96. The first-order valence-electron chi connectivity index (χ1n) is 5.70. The molecule has 0 spiro atoms. The van der Waals surface area contributed by atoms with Gasteiger partial charge in [-0.2, -0.15) is 0 Å². The Morgan fingerprint density at radius 1 is 1.44 bits per heavy atom. The molecule has 0 saturated carbocycles. The summed E-state index contributed by atoms with van der Waals surface area (Å²) in [5.74, 6) is -2.42. The standard InChI is InChI=1S/C10H20N2O6/c1-5(14)12-9-8(16)7(15)6(4-13)18-10(9,17)2-3-11/h6-9,13,15-17H,2-4,11H2,1H3,(H,12,14)/t6-,7-,8+,9-,10?/m1/s1. The first kappa shape index (κ1) is 15.3. The number of aliphatic hydroxyl groups is 4. The van der Waals surface area contributed by atoms with Crippen LogP contribution in [-0.2, 0) is 9.53 Å². The van der Waals surface area contributed by atoms with Gasteiger partial charge in [-0.1, -0.05) is 0 Å². The van der Waals surface area contributed by atoms with Crippen molar-refractivity contribution in [3.63, 3.8) is 0 Å². The van der Waals surface area contributed by atoms with Crippen LogP contribution in [-0.4, -0.2) is 69.6 Å². The third-order valence-electron chi connectivity index (χ3n) is 2.96. The van der Waals surface area contributed by atoms with Gasteiger partial charge in [0, 0.05) is 13.3 Å². The topological polar surface area (TPSA) is 145 Å². The largest absolute Gasteiger partial charge is 0.394 e. The van der Waals surface area contributed by atoms with Crippen LogP contribution in [0.25, 0.3) is 0 Å². The zero-order valence-corrected chi connectivity index (χ0v) is 10.1. The monoisotopic (exact) mass is 264 g/mol. The molecule has 1 saturated heterocycles. The molecule has 106 valence electrons. The maximum absolute atomic E-state index is 11.1. The van der Waals surface area contributed by atoms with E-state index in [4.69, 9.17) is 15.6 Å². The highest BCUT2D eigenvalue weighted by Crippen LogP contribution is 2.30. The summed E-state index contributed by atoms with van der Waals surface area (Å²) in [6.07, 6.45) is -4.07. The van der Waals surface area contributed by atoms with Crippen molar-refractivity contribution >= 4 is 5.91 Å². The number of aliphatic hydroxyl groups excluding tert-OH is 3. The Morgan fingerprint density at radius 3 is 2.50 bits per heavy atom. The molecular formula is C10H20N2O6.